The van der Waals surface area contributed by atoms with Crippen molar-refractivity contribution >= 4 is 11.6 Å². The van der Waals surface area contributed by atoms with Crippen LogP contribution in [0.4, 0.5) is 5.69 Å². The Bertz CT molecular complexity index is 330. The maximum atomic E-state index is 11.6. The highest BCUT2D eigenvalue weighted by molar-refractivity contribution is 5.96. The van der Waals surface area contributed by atoms with Gasteiger partial charge in [-0.15, -0.1) is 0 Å². The van der Waals surface area contributed by atoms with E-state index in [9.17, 15) is 4.79 Å². The Morgan fingerprint density at radius 1 is 1.40 bits per heavy atom. The molecule has 0 aromatic heterocycles. The summed E-state index contributed by atoms with van der Waals surface area (Å²) in [5.41, 5.74) is 7.69. The maximum absolute atomic E-state index is 11.6. The number of anilines is 1. The molecule has 3 nitrogen and oxygen atoms in total. The maximum Gasteiger partial charge on any atom is 0.243 e. The zero-order chi connectivity index (χ0) is 11.4. The first kappa shape index (κ1) is 11.7. The van der Waals surface area contributed by atoms with Gasteiger partial charge in [0.2, 0.25) is 5.91 Å². The molecule has 0 fully saturated rings. The molecule has 82 valence electrons. The monoisotopic (exact) mass is 206 g/mol. The fourth-order valence-electron chi connectivity index (χ4n) is 1.39. The van der Waals surface area contributed by atoms with Crippen LogP contribution in [0.2, 0.25) is 0 Å². The summed E-state index contributed by atoms with van der Waals surface area (Å²) in [6, 6.07) is 7.49. The van der Waals surface area contributed by atoms with Crippen molar-refractivity contribution in [1.82, 2.24) is 0 Å². The van der Waals surface area contributed by atoms with Crippen LogP contribution in [0.15, 0.2) is 24.3 Å². The van der Waals surface area contributed by atoms with Crippen LogP contribution >= 0.6 is 0 Å². The minimum atomic E-state index is -0.458. The minimum absolute atomic E-state index is 0.0701. The molecule has 1 rings (SSSR count). The van der Waals surface area contributed by atoms with Gasteiger partial charge in [0.25, 0.3) is 0 Å². The van der Waals surface area contributed by atoms with E-state index in [4.69, 9.17) is 5.73 Å². The lowest BCUT2D eigenvalue weighted by atomic mass is 10.1. The van der Waals surface area contributed by atoms with Gasteiger partial charge in [0.05, 0.1) is 6.04 Å². The van der Waals surface area contributed by atoms with Crippen molar-refractivity contribution in [3.63, 3.8) is 0 Å². The second kappa shape index (κ2) is 4.94. The number of nitrogens with two attached hydrogens (primary N) is 1. The van der Waals surface area contributed by atoms with E-state index in [1.54, 1.807) is 18.9 Å². The fraction of sp³-hybridized carbons (Fsp3) is 0.417. The van der Waals surface area contributed by atoms with Crippen LogP contribution in [0.3, 0.4) is 0 Å². The first-order valence-corrected chi connectivity index (χ1v) is 5.18. The lowest BCUT2D eigenvalue weighted by Crippen LogP contribution is -2.39. The largest absolute Gasteiger partial charge is 0.320 e. The minimum Gasteiger partial charge on any atom is -0.320 e. The average Bonchev–Trinajstić information content (AvgIpc) is 2.27. The molecular weight excluding hydrogens is 188 g/mol. The summed E-state index contributed by atoms with van der Waals surface area (Å²) in [6.45, 7) is 3.80. The molecular formula is C12H18N2O. The first-order valence-electron chi connectivity index (χ1n) is 5.18. The number of nitrogens with zero attached hydrogens (tertiary/aromatic N) is 1. The standard InChI is InChI=1S/C12H18N2O/c1-4-10-5-7-11(8-6-10)14(3)12(15)9(2)13/h5-9H,4,13H2,1-3H3/t9-/m1/s1. The summed E-state index contributed by atoms with van der Waals surface area (Å²) in [5, 5.41) is 0. The molecule has 3 heteroatoms. The number of rotatable bonds is 3. The van der Waals surface area contributed by atoms with Crippen molar-refractivity contribution < 1.29 is 4.79 Å². The van der Waals surface area contributed by atoms with E-state index in [-0.39, 0.29) is 5.91 Å². The van der Waals surface area contributed by atoms with Crippen LogP contribution in [0.25, 0.3) is 0 Å². The second-order valence-corrected chi connectivity index (χ2v) is 3.71. The molecule has 1 aromatic carbocycles. The van der Waals surface area contributed by atoms with Crippen LogP contribution in [-0.4, -0.2) is 19.0 Å². The fourth-order valence-corrected chi connectivity index (χ4v) is 1.39. The van der Waals surface area contributed by atoms with Gasteiger partial charge in [-0.2, -0.15) is 0 Å². The van der Waals surface area contributed by atoms with E-state index in [1.165, 1.54) is 5.56 Å². The lowest BCUT2D eigenvalue weighted by molar-refractivity contribution is -0.119. The van der Waals surface area contributed by atoms with Crippen molar-refractivity contribution in [1.29, 1.82) is 0 Å². The normalized spacial score (nSPS) is 12.3. The third-order valence-electron chi connectivity index (χ3n) is 2.45. The molecule has 0 spiro atoms. The highest BCUT2D eigenvalue weighted by atomic mass is 16.2. The van der Waals surface area contributed by atoms with Crippen LogP contribution in [0, 0.1) is 0 Å². The summed E-state index contributed by atoms with van der Waals surface area (Å²) >= 11 is 0. The van der Waals surface area contributed by atoms with Gasteiger partial charge in [-0.3, -0.25) is 4.79 Å². The third kappa shape index (κ3) is 2.80. The van der Waals surface area contributed by atoms with E-state index in [2.05, 4.69) is 6.92 Å². The summed E-state index contributed by atoms with van der Waals surface area (Å²) in [4.78, 5) is 13.2. The van der Waals surface area contributed by atoms with E-state index in [1.807, 2.05) is 24.3 Å². The Morgan fingerprint density at radius 3 is 2.33 bits per heavy atom. The molecule has 0 aliphatic heterocycles. The van der Waals surface area contributed by atoms with E-state index < -0.39 is 6.04 Å². The van der Waals surface area contributed by atoms with Crippen molar-refractivity contribution in [2.24, 2.45) is 5.73 Å². The smallest absolute Gasteiger partial charge is 0.243 e. The van der Waals surface area contributed by atoms with Crippen LogP contribution in [-0.2, 0) is 11.2 Å². The zero-order valence-corrected chi connectivity index (χ0v) is 9.53. The number of carbonyl (C=O) groups excluding carboxylic acids is 1. The molecule has 0 bridgehead atoms. The van der Waals surface area contributed by atoms with Gasteiger partial charge in [-0.25, -0.2) is 0 Å². The predicted octanol–water partition coefficient (Wildman–Crippen LogP) is 1.56. The van der Waals surface area contributed by atoms with Gasteiger partial charge in [-0.1, -0.05) is 19.1 Å². The molecule has 0 saturated carbocycles. The molecule has 0 radical (unpaired) electrons. The van der Waals surface area contributed by atoms with Crippen molar-refractivity contribution in [2.75, 3.05) is 11.9 Å². The number of aryl methyl sites for hydroxylation is 1. The molecule has 1 atom stereocenters. The van der Waals surface area contributed by atoms with Gasteiger partial charge < -0.3 is 10.6 Å². The molecule has 15 heavy (non-hydrogen) atoms. The summed E-state index contributed by atoms with van der Waals surface area (Å²) in [6.07, 6.45) is 1.01. The van der Waals surface area contributed by atoms with Gasteiger partial charge in [0, 0.05) is 12.7 Å². The van der Waals surface area contributed by atoms with E-state index >= 15 is 0 Å². The second-order valence-electron chi connectivity index (χ2n) is 3.71. The van der Waals surface area contributed by atoms with E-state index in [0.29, 0.717) is 0 Å². The highest BCUT2D eigenvalue weighted by Crippen LogP contribution is 2.14. The molecule has 1 aromatic rings. The predicted molar refractivity (Wildman–Crippen MR) is 62.9 cm³/mol. The Morgan fingerprint density at radius 2 is 1.93 bits per heavy atom. The summed E-state index contributed by atoms with van der Waals surface area (Å²) in [5.74, 6) is -0.0701. The number of amides is 1. The number of likely N-dealkylation sites (N-methyl/N-ethyl adjacent to an activating group) is 1. The van der Waals surface area contributed by atoms with Crippen LogP contribution in [0.1, 0.15) is 19.4 Å². The number of hydrogen-bond donors (Lipinski definition) is 1. The SMILES string of the molecule is CCc1ccc(N(C)C(=O)[C@@H](C)N)cc1. The first-order chi connectivity index (χ1) is 7.06. The van der Waals surface area contributed by atoms with E-state index in [0.717, 1.165) is 12.1 Å². The van der Waals surface area contributed by atoms with Gasteiger partial charge in [0.1, 0.15) is 0 Å². The molecule has 0 aliphatic carbocycles. The Kier molecular flexibility index (Phi) is 3.86. The Hall–Kier alpha value is -1.35. The van der Waals surface area contributed by atoms with Gasteiger partial charge >= 0.3 is 0 Å². The summed E-state index contributed by atoms with van der Waals surface area (Å²) < 4.78 is 0. The zero-order valence-electron chi connectivity index (χ0n) is 9.53. The van der Waals surface area contributed by atoms with Crippen molar-refractivity contribution in [3.8, 4) is 0 Å². The topological polar surface area (TPSA) is 46.3 Å². The highest BCUT2D eigenvalue weighted by Gasteiger charge is 2.14. The Labute approximate surface area is 90.9 Å². The number of hydrogen-bond acceptors (Lipinski definition) is 2. The van der Waals surface area contributed by atoms with Gasteiger partial charge in [0.15, 0.2) is 0 Å². The molecule has 2 N–H and O–H groups in total. The Balaban J connectivity index is 2.82. The number of carbonyl (C=O) groups is 1. The quantitative estimate of drug-likeness (QED) is 0.815. The van der Waals surface area contributed by atoms with Gasteiger partial charge in [-0.05, 0) is 31.0 Å². The molecule has 0 saturated heterocycles. The average molecular weight is 206 g/mol. The molecule has 0 heterocycles. The van der Waals surface area contributed by atoms with Crippen molar-refractivity contribution in [3.05, 3.63) is 29.8 Å². The van der Waals surface area contributed by atoms with Crippen molar-refractivity contribution in [2.45, 2.75) is 26.3 Å². The third-order valence-corrected chi connectivity index (χ3v) is 2.45. The molecule has 0 unspecified atom stereocenters. The van der Waals surface area contributed by atoms with Crippen LogP contribution in [0.5, 0.6) is 0 Å². The summed E-state index contributed by atoms with van der Waals surface area (Å²) in [7, 11) is 1.74. The number of benzene rings is 1. The molecule has 0 aliphatic rings. The molecule has 1 amide bonds. The lowest BCUT2D eigenvalue weighted by Gasteiger charge is -2.19. The van der Waals surface area contributed by atoms with Crippen LogP contribution < -0.4 is 10.6 Å².